The van der Waals surface area contributed by atoms with Crippen molar-refractivity contribution in [3.8, 4) is 0 Å². The molecular weight excluding hydrogens is 206 g/mol. The molecule has 4 nitrogen and oxygen atoms in total. The summed E-state index contributed by atoms with van der Waals surface area (Å²) in [6.45, 7) is 3.89. The summed E-state index contributed by atoms with van der Waals surface area (Å²) >= 11 is 0. The second-order valence-electron chi connectivity index (χ2n) is 4.74. The molecule has 0 unspecified atom stereocenters. The Morgan fingerprint density at radius 1 is 1.19 bits per heavy atom. The van der Waals surface area contributed by atoms with E-state index >= 15 is 0 Å². The van der Waals surface area contributed by atoms with Crippen molar-refractivity contribution in [1.82, 2.24) is 5.32 Å². The SMILES string of the molecule is COC(=O)N[C@H]1CC[C@H](C(=O)C(C)C)CC1. The molecule has 0 heterocycles. The van der Waals surface area contributed by atoms with Crippen molar-refractivity contribution >= 4 is 11.9 Å². The number of alkyl carbamates (subject to hydrolysis) is 1. The number of hydrogen-bond donors (Lipinski definition) is 1. The van der Waals surface area contributed by atoms with E-state index in [0.29, 0.717) is 5.78 Å². The number of Topliss-reactive ketones (excluding diaryl/α,β-unsaturated/α-hetero) is 1. The first-order chi connectivity index (χ1) is 7.54. The van der Waals surface area contributed by atoms with Crippen LogP contribution >= 0.6 is 0 Å². The van der Waals surface area contributed by atoms with Crippen LogP contribution in [0, 0.1) is 11.8 Å². The first kappa shape index (κ1) is 13.0. The quantitative estimate of drug-likeness (QED) is 0.803. The molecule has 4 heteroatoms. The smallest absolute Gasteiger partial charge is 0.407 e. The molecule has 1 N–H and O–H groups in total. The second-order valence-corrected chi connectivity index (χ2v) is 4.74. The van der Waals surface area contributed by atoms with E-state index in [9.17, 15) is 9.59 Å². The van der Waals surface area contributed by atoms with E-state index in [2.05, 4.69) is 10.1 Å². The van der Waals surface area contributed by atoms with Gasteiger partial charge < -0.3 is 10.1 Å². The lowest BCUT2D eigenvalue weighted by Gasteiger charge is -2.28. The largest absolute Gasteiger partial charge is 0.453 e. The normalized spacial score (nSPS) is 25.2. The van der Waals surface area contributed by atoms with Crippen LogP contribution < -0.4 is 5.32 Å². The fourth-order valence-corrected chi connectivity index (χ4v) is 2.22. The van der Waals surface area contributed by atoms with E-state index in [1.54, 1.807) is 0 Å². The van der Waals surface area contributed by atoms with Gasteiger partial charge in [-0.3, -0.25) is 4.79 Å². The number of amides is 1. The fourth-order valence-electron chi connectivity index (χ4n) is 2.22. The number of carbonyl (C=O) groups is 2. The van der Waals surface area contributed by atoms with E-state index in [1.807, 2.05) is 13.8 Å². The molecule has 1 aliphatic carbocycles. The van der Waals surface area contributed by atoms with E-state index < -0.39 is 0 Å². The minimum absolute atomic E-state index is 0.120. The predicted octanol–water partition coefficient (Wildman–Crippen LogP) is 2.13. The zero-order valence-corrected chi connectivity index (χ0v) is 10.3. The van der Waals surface area contributed by atoms with Crippen LogP contribution in [0.3, 0.4) is 0 Å². The van der Waals surface area contributed by atoms with Gasteiger partial charge in [-0.2, -0.15) is 0 Å². The Morgan fingerprint density at radius 2 is 1.75 bits per heavy atom. The molecule has 0 aromatic carbocycles. The predicted molar refractivity (Wildman–Crippen MR) is 61.1 cm³/mol. The molecule has 0 saturated heterocycles. The highest BCUT2D eigenvalue weighted by Crippen LogP contribution is 2.27. The lowest BCUT2D eigenvalue weighted by atomic mass is 9.80. The topological polar surface area (TPSA) is 55.4 Å². The maximum atomic E-state index is 11.8. The van der Waals surface area contributed by atoms with Crippen LogP contribution in [0.2, 0.25) is 0 Å². The molecule has 0 radical (unpaired) electrons. The van der Waals surface area contributed by atoms with Gasteiger partial charge in [0.05, 0.1) is 7.11 Å². The Balaban J connectivity index is 2.34. The van der Waals surface area contributed by atoms with Crippen LogP contribution in [0.15, 0.2) is 0 Å². The van der Waals surface area contributed by atoms with Crippen LogP contribution in [0.1, 0.15) is 39.5 Å². The zero-order chi connectivity index (χ0) is 12.1. The number of rotatable bonds is 3. The van der Waals surface area contributed by atoms with E-state index in [0.717, 1.165) is 25.7 Å². The number of ketones is 1. The van der Waals surface area contributed by atoms with Crippen molar-refractivity contribution in [2.24, 2.45) is 11.8 Å². The van der Waals surface area contributed by atoms with Crippen molar-refractivity contribution in [3.05, 3.63) is 0 Å². The van der Waals surface area contributed by atoms with Crippen molar-refractivity contribution in [2.75, 3.05) is 7.11 Å². The van der Waals surface area contributed by atoms with Crippen LogP contribution in [0.25, 0.3) is 0 Å². The third-order valence-corrected chi connectivity index (χ3v) is 3.21. The van der Waals surface area contributed by atoms with Gasteiger partial charge in [0.2, 0.25) is 0 Å². The van der Waals surface area contributed by atoms with Gasteiger partial charge in [0, 0.05) is 17.9 Å². The lowest BCUT2D eigenvalue weighted by molar-refractivity contribution is -0.126. The van der Waals surface area contributed by atoms with Crippen molar-refractivity contribution < 1.29 is 14.3 Å². The van der Waals surface area contributed by atoms with Crippen molar-refractivity contribution in [3.63, 3.8) is 0 Å². The minimum Gasteiger partial charge on any atom is -0.453 e. The Hall–Kier alpha value is -1.06. The van der Waals surface area contributed by atoms with Crippen molar-refractivity contribution in [2.45, 2.75) is 45.6 Å². The summed E-state index contributed by atoms with van der Waals surface area (Å²) in [5.41, 5.74) is 0. The van der Waals surface area contributed by atoms with Gasteiger partial charge in [-0.25, -0.2) is 4.79 Å². The van der Waals surface area contributed by atoms with Crippen LogP contribution in [0.4, 0.5) is 4.79 Å². The van der Waals surface area contributed by atoms with Gasteiger partial charge in [-0.05, 0) is 25.7 Å². The molecule has 1 saturated carbocycles. The van der Waals surface area contributed by atoms with E-state index in [4.69, 9.17) is 0 Å². The highest BCUT2D eigenvalue weighted by molar-refractivity contribution is 5.82. The third-order valence-electron chi connectivity index (χ3n) is 3.21. The summed E-state index contributed by atoms with van der Waals surface area (Å²) < 4.78 is 4.55. The number of ether oxygens (including phenoxy) is 1. The minimum atomic E-state index is -0.376. The number of carbonyl (C=O) groups excluding carboxylic acids is 2. The molecule has 1 aliphatic rings. The highest BCUT2D eigenvalue weighted by Gasteiger charge is 2.28. The third kappa shape index (κ3) is 3.51. The molecule has 0 spiro atoms. The lowest BCUT2D eigenvalue weighted by Crippen LogP contribution is -2.39. The second kappa shape index (κ2) is 5.87. The molecular formula is C12H21NO3. The first-order valence-electron chi connectivity index (χ1n) is 5.92. The van der Waals surface area contributed by atoms with Gasteiger partial charge in [-0.15, -0.1) is 0 Å². The molecule has 0 bridgehead atoms. The summed E-state index contributed by atoms with van der Waals surface area (Å²) in [6, 6.07) is 0.170. The van der Waals surface area contributed by atoms with Crippen LogP contribution in [-0.4, -0.2) is 25.0 Å². The Morgan fingerprint density at radius 3 is 2.19 bits per heavy atom. The Bertz CT molecular complexity index is 255. The van der Waals surface area contributed by atoms with Gasteiger partial charge in [0.1, 0.15) is 5.78 Å². The molecule has 1 fully saturated rings. The van der Waals surface area contributed by atoms with Gasteiger partial charge >= 0.3 is 6.09 Å². The zero-order valence-electron chi connectivity index (χ0n) is 10.3. The highest BCUT2D eigenvalue weighted by atomic mass is 16.5. The average molecular weight is 227 g/mol. The van der Waals surface area contributed by atoms with E-state index in [-0.39, 0.29) is 24.0 Å². The van der Waals surface area contributed by atoms with Crippen LogP contribution in [-0.2, 0) is 9.53 Å². The molecule has 92 valence electrons. The fraction of sp³-hybridized carbons (Fsp3) is 0.833. The number of nitrogens with one attached hydrogen (secondary N) is 1. The molecule has 16 heavy (non-hydrogen) atoms. The summed E-state index contributed by atoms with van der Waals surface area (Å²) in [5.74, 6) is 0.669. The summed E-state index contributed by atoms with van der Waals surface area (Å²) in [5, 5.41) is 2.78. The van der Waals surface area contributed by atoms with Gasteiger partial charge in [0.15, 0.2) is 0 Å². The van der Waals surface area contributed by atoms with Crippen LogP contribution in [0.5, 0.6) is 0 Å². The maximum absolute atomic E-state index is 11.8. The molecule has 1 amide bonds. The summed E-state index contributed by atoms with van der Waals surface area (Å²) in [7, 11) is 1.36. The van der Waals surface area contributed by atoms with E-state index in [1.165, 1.54) is 7.11 Å². The molecule has 0 aromatic heterocycles. The molecule has 0 aromatic rings. The Kier molecular flexibility index (Phi) is 4.77. The number of methoxy groups -OCH3 is 1. The maximum Gasteiger partial charge on any atom is 0.407 e. The molecule has 0 atom stereocenters. The Labute approximate surface area is 96.7 Å². The standard InChI is InChI=1S/C12H21NO3/c1-8(2)11(14)9-4-6-10(7-5-9)13-12(15)16-3/h8-10H,4-7H2,1-3H3,(H,13,15)/t9-,10-. The van der Waals surface area contributed by atoms with Crippen molar-refractivity contribution in [1.29, 1.82) is 0 Å². The summed E-state index contributed by atoms with van der Waals surface area (Å²) in [4.78, 5) is 22.8. The summed E-state index contributed by atoms with van der Waals surface area (Å²) in [6.07, 6.45) is 3.13. The first-order valence-corrected chi connectivity index (χ1v) is 5.92. The average Bonchev–Trinajstić information content (AvgIpc) is 2.28. The monoisotopic (exact) mass is 227 g/mol. The molecule has 1 rings (SSSR count). The molecule has 0 aliphatic heterocycles. The van der Waals surface area contributed by atoms with Gasteiger partial charge in [-0.1, -0.05) is 13.8 Å². The van der Waals surface area contributed by atoms with Gasteiger partial charge in [0.25, 0.3) is 0 Å². The number of hydrogen-bond acceptors (Lipinski definition) is 3.